The maximum absolute atomic E-state index is 11.8. The zero-order valence-corrected chi connectivity index (χ0v) is 10.7. The average molecular weight is 261 g/mol. The average Bonchev–Trinajstić information content (AvgIpc) is 2.66. The van der Waals surface area contributed by atoms with Gasteiger partial charge < -0.3 is 15.6 Å². The molecule has 0 saturated heterocycles. The predicted molar refractivity (Wildman–Crippen MR) is 71.8 cm³/mol. The molecule has 0 aliphatic rings. The van der Waals surface area contributed by atoms with E-state index >= 15 is 0 Å². The van der Waals surface area contributed by atoms with Gasteiger partial charge in [-0.15, -0.1) is 0 Å². The molecule has 0 radical (unpaired) electrons. The second kappa shape index (κ2) is 4.97. The molecule has 7 heteroatoms. The van der Waals surface area contributed by atoms with Crippen molar-refractivity contribution in [3.05, 3.63) is 39.9 Å². The van der Waals surface area contributed by atoms with Crippen LogP contribution in [0.5, 0.6) is 0 Å². The van der Waals surface area contributed by atoms with Crippen LogP contribution < -0.4 is 16.6 Å². The number of carbonyl (C=O) groups excluding carboxylic acids is 1. The molecule has 0 aliphatic carbocycles. The Morgan fingerprint density at radius 3 is 2.84 bits per heavy atom. The first kappa shape index (κ1) is 12.9. The summed E-state index contributed by atoms with van der Waals surface area (Å²) in [5, 5.41) is 9.39. The zero-order valence-electron chi connectivity index (χ0n) is 10.7. The first-order valence-corrected chi connectivity index (χ1v) is 5.75. The summed E-state index contributed by atoms with van der Waals surface area (Å²) in [6, 6.07) is 2.82. The fourth-order valence-corrected chi connectivity index (χ4v) is 1.61. The lowest BCUT2D eigenvalue weighted by Gasteiger charge is -2.06. The molecule has 0 aromatic carbocycles. The van der Waals surface area contributed by atoms with Crippen LogP contribution in [0.4, 0.5) is 11.5 Å². The third-order valence-electron chi connectivity index (χ3n) is 2.83. The molecule has 0 bridgehead atoms. The van der Waals surface area contributed by atoms with Gasteiger partial charge in [-0.05, 0) is 19.9 Å². The summed E-state index contributed by atoms with van der Waals surface area (Å²) in [5.74, 6) is 0.141. The van der Waals surface area contributed by atoms with E-state index in [9.17, 15) is 9.59 Å². The number of carbonyl (C=O) groups is 1. The first-order chi connectivity index (χ1) is 8.97. The number of rotatable bonds is 3. The van der Waals surface area contributed by atoms with E-state index in [4.69, 9.17) is 5.73 Å². The van der Waals surface area contributed by atoms with Gasteiger partial charge in [0.25, 0.3) is 5.56 Å². The Morgan fingerprint density at radius 2 is 2.21 bits per heavy atom. The van der Waals surface area contributed by atoms with Crippen molar-refractivity contribution >= 4 is 17.4 Å². The van der Waals surface area contributed by atoms with E-state index in [1.807, 2.05) is 13.8 Å². The van der Waals surface area contributed by atoms with Gasteiger partial charge in [-0.3, -0.25) is 14.7 Å². The van der Waals surface area contributed by atoms with Crippen LogP contribution in [0, 0.1) is 13.8 Å². The Bertz CT molecular complexity index is 671. The molecule has 2 rings (SSSR count). The monoisotopic (exact) mass is 261 g/mol. The van der Waals surface area contributed by atoms with E-state index in [2.05, 4.69) is 15.5 Å². The highest BCUT2D eigenvalue weighted by Gasteiger charge is 2.10. The van der Waals surface area contributed by atoms with Gasteiger partial charge in [0.05, 0.1) is 0 Å². The second-order valence-corrected chi connectivity index (χ2v) is 4.30. The Kier molecular flexibility index (Phi) is 3.37. The molecule has 19 heavy (non-hydrogen) atoms. The largest absolute Gasteiger partial charge is 0.398 e. The molecular weight excluding hydrogens is 246 g/mol. The van der Waals surface area contributed by atoms with Crippen molar-refractivity contribution in [2.24, 2.45) is 0 Å². The van der Waals surface area contributed by atoms with Gasteiger partial charge in [0.1, 0.15) is 6.54 Å². The van der Waals surface area contributed by atoms with Gasteiger partial charge in [-0.2, -0.15) is 5.10 Å². The van der Waals surface area contributed by atoms with Crippen molar-refractivity contribution in [2.45, 2.75) is 20.4 Å². The number of nitrogen functional groups attached to an aromatic ring is 1. The summed E-state index contributed by atoms with van der Waals surface area (Å²) in [6.07, 6.45) is 1.44. The van der Waals surface area contributed by atoms with Crippen LogP contribution in [0.25, 0.3) is 0 Å². The zero-order chi connectivity index (χ0) is 14.0. The summed E-state index contributed by atoms with van der Waals surface area (Å²) in [7, 11) is 0. The van der Waals surface area contributed by atoms with E-state index in [1.165, 1.54) is 22.9 Å². The number of aryl methyl sites for hydroxylation is 1. The van der Waals surface area contributed by atoms with Gasteiger partial charge in [0, 0.05) is 29.2 Å². The van der Waals surface area contributed by atoms with Crippen molar-refractivity contribution in [1.82, 2.24) is 14.8 Å². The molecule has 0 spiro atoms. The van der Waals surface area contributed by atoms with Gasteiger partial charge in [-0.1, -0.05) is 0 Å². The van der Waals surface area contributed by atoms with Crippen molar-refractivity contribution < 1.29 is 4.79 Å². The Morgan fingerprint density at radius 1 is 1.47 bits per heavy atom. The topological polar surface area (TPSA) is 106 Å². The highest BCUT2D eigenvalue weighted by Crippen LogP contribution is 2.13. The summed E-state index contributed by atoms with van der Waals surface area (Å²) >= 11 is 0. The summed E-state index contributed by atoms with van der Waals surface area (Å²) in [6.45, 7) is 3.61. The van der Waals surface area contributed by atoms with E-state index in [0.29, 0.717) is 11.5 Å². The van der Waals surface area contributed by atoms with Gasteiger partial charge in [0.2, 0.25) is 5.91 Å². The number of aromatic amines is 1. The first-order valence-electron chi connectivity index (χ1n) is 5.75. The van der Waals surface area contributed by atoms with Crippen LogP contribution in [0.2, 0.25) is 0 Å². The normalized spacial score (nSPS) is 10.4. The molecule has 0 aliphatic heterocycles. The molecule has 4 N–H and O–H groups in total. The number of hydrogen-bond donors (Lipinski definition) is 3. The predicted octanol–water partition coefficient (Wildman–Crippen LogP) is 0.409. The van der Waals surface area contributed by atoms with E-state index in [0.717, 1.165) is 11.3 Å². The number of hydrogen-bond acceptors (Lipinski definition) is 4. The van der Waals surface area contributed by atoms with E-state index in [-0.39, 0.29) is 18.0 Å². The maximum atomic E-state index is 11.8. The van der Waals surface area contributed by atoms with Crippen LogP contribution in [-0.4, -0.2) is 20.7 Å². The molecular formula is C12H15N5O2. The van der Waals surface area contributed by atoms with E-state index < -0.39 is 0 Å². The lowest BCUT2D eigenvalue weighted by atomic mass is 10.3. The fourth-order valence-electron chi connectivity index (χ4n) is 1.61. The summed E-state index contributed by atoms with van der Waals surface area (Å²) < 4.78 is 1.25. The standard InChI is InChI=1S/C12H15N5O2/c1-7-8(2)15-16-12(7)14-10(18)6-17-5-9(13)3-4-11(17)19/h3-5H,6,13H2,1-2H3,(H2,14,15,16,18). The number of H-pyrrole nitrogens is 1. The molecule has 0 saturated carbocycles. The highest BCUT2D eigenvalue weighted by molar-refractivity contribution is 5.90. The van der Waals surface area contributed by atoms with Gasteiger partial charge in [0.15, 0.2) is 5.82 Å². The lowest BCUT2D eigenvalue weighted by molar-refractivity contribution is -0.116. The molecule has 0 fully saturated rings. The Labute approximate surface area is 109 Å². The molecule has 0 atom stereocenters. The molecule has 2 heterocycles. The van der Waals surface area contributed by atoms with Gasteiger partial charge >= 0.3 is 0 Å². The number of nitrogens with one attached hydrogen (secondary N) is 2. The third-order valence-corrected chi connectivity index (χ3v) is 2.83. The van der Waals surface area contributed by atoms with Crippen LogP contribution in [-0.2, 0) is 11.3 Å². The smallest absolute Gasteiger partial charge is 0.251 e. The Hall–Kier alpha value is -2.57. The number of nitrogens with zero attached hydrogens (tertiary/aromatic N) is 2. The quantitative estimate of drug-likeness (QED) is 0.744. The molecule has 2 aromatic heterocycles. The number of amides is 1. The fraction of sp³-hybridized carbons (Fsp3) is 0.250. The molecule has 1 amide bonds. The van der Waals surface area contributed by atoms with Crippen molar-refractivity contribution in [2.75, 3.05) is 11.1 Å². The van der Waals surface area contributed by atoms with Crippen molar-refractivity contribution in [3.8, 4) is 0 Å². The summed E-state index contributed by atoms with van der Waals surface area (Å²) in [4.78, 5) is 23.4. The van der Waals surface area contributed by atoms with E-state index in [1.54, 1.807) is 0 Å². The number of nitrogens with two attached hydrogens (primary N) is 1. The van der Waals surface area contributed by atoms with Crippen molar-refractivity contribution in [3.63, 3.8) is 0 Å². The van der Waals surface area contributed by atoms with Gasteiger partial charge in [-0.25, -0.2) is 0 Å². The molecule has 100 valence electrons. The second-order valence-electron chi connectivity index (χ2n) is 4.30. The maximum Gasteiger partial charge on any atom is 0.251 e. The molecule has 2 aromatic rings. The molecule has 7 nitrogen and oxygen atoms in total. The number of aromatic nitrogens is 3. The Balaban J connectivity index is 2.12. The molecule has 0 unspecified atom stereocenters. The number of anilines is 2. The van der Waals surface area contributed by atoms with Crippen molar-refractivity contribution in [1.29, 1.82) is 0 Å². The third kappa shape index (κ3) is 2.82. The highest BCUT2D eigenvalue weighted by atomic mass is 16.2. The minimum Gasteiger partial charge on any atom is -0.398 e. The minimum absolute atomic E-state index is 0.102. The SMILES string of the molecule is Cc1[nH]nc(NC(=O)Cn2cc(N)ccc2=O)c1C. The lowest BCUT2D eigenvalue weighted by Crippen LogP contribution is -2.27. The van der Waals surface area contributed by atoms with Crippen LogP contribution in [0.3, 0.4) is 0 Å². The number of pyridine rings is 1. The van der Waals surface area contributed by atoms with Crippen LogP contribution >= 0.6 is 0 Å². The summed E-state index contributed by atoms with van der Waals surface area (Å²) in [5.41, 5.74) is 7.48. The van der Waals surface area contributed by atoms with Crippen LogP contribution in [0.1, 0.15) is 11.3 Å². The minimum atomic E-state index is -0.331. The van der Waals surface area contributed by atoms with Crippen LogP contribution in [0.15, 0.2) is 23.1 Å².